The molecule has 28 heavy (non-hydrogen) atoms. The van der Waals surface area contributed by atoms with Crippen LogP contribution in [0.2, 0.25) is 0 Å². The highest BCUT2D eigenvalue weighted by molar-refractivity contribution is 5.86. The van der Waals surface area contributed by atoms with Crippen LogP contribution in [0.4, 0.5) is 4.79 Å². The number of fused-ring (bicyclic) bond motifs is 1. The lowest BCUT2D eigenvalue weighted by Gasteiger charge is -2.36. The van der Waals surface area contributed by atoms with Crippen molar-refractivity contribution in [2.45, 2.75) is 39.7 Å². The lowest BCUT2D eigenvalue weighted by molar-refractivity contribution is 0.0186. The summed E-state index contributed by atoms with van der Waals surface area (Å²) in [5, 5.41) is 1.25. The van der Waals surface area contributed by atoms with E-state index >= 15 is 0 Å². The predicted octanol–water partition coefficient (Wildman–Crippen LogP) is 2.89. The standard InChI is InChI=1S/C21H31N5O2/c1-15-6-5-7-17-16(14-24-18(15)17)8-9-23-19(22)25-10-12-26(13-11-25)20(27)28-21(2,3)4/h5-7,14,24H,8-13H2,1-4H3,(H2,22,23). The molecule has 7 nitrogen and oxygen atoms in total. The first-order valence-electron chi connectivity index (χ1n) is 9.83. The minimum absolute atomic E-state index is 0.266. The number of aliphatic imine (C=N–C) groups is 1. The summed E-state index contributed by atoms with van der Waals surface area (Å²) in [4.78, 5) is 23.8. The van der Waals surface area contributed by atoms with Crippen molar-refractivity contribution in [2.75, 3.05) is 32.7 Å². The summed E-state index contributed by atoms with van der Waals surface area (Å²) in [5.41, 5.74) is 9.39. The maximum absolute atomic E-state index is 12.1. The molecule has 1 aromatic carbocycles. The van der Waals surface area contributed by atoms with Crippen molar-refractivity contribution < 1.29 is 9.53 Å². The number of amides is 1. The highest BCUT2D eigenvalue weighted by Gasteiger charge is 2.26. The minimum atomic E-state index is -0.477. The summed E-state index contributed by atoms with van der Waals surface area (Å²) in [5.74, 6) is 0.542. The Morgan fingerprint density at radius 2 is 1.89 bits per heavy atom. The largest absolute Gasteiger partial charge is 0.444 e. The van der Waals surface area contributed by atoms with E-state index in [1.165, 1.54) is 22.0 Å². The summed E-state index contributed by atoms with van der Waals surface area (Å²) in [6, 6.07) is 6.32. The summed E-state index contributed by atoms with van der Waals surface area (Å²) >= 11 is 0. The van der Waals surface area contributed by atoms with E-state index in [4.69, 9.17) is 10.5 Å². The van der Waals surface area contributed by atoms with Crippen molar-refractivity contribution in [3.8, 4) is 0 Å². The van der Waals surface area contributed by atoms with E-state index in [0.717, 1.165) is 6.42 Å². The highest BCUT2D eigenvalue weighted by atomic mass is 16.6. The van der Waals surface area contributed by atoms with Gasteiger partial charge in [-0.3, -0.25) is 4.99 Å². The molecule has 1 amide bonds. The Balaban J connectivity index is 1.51. The molecule has 1 aliphatic rings. The van der Waals surface area contributed by atoms with E-state index in [0.29, 0.717) is 38.7 Å². The summed E-state index contributed by atoms with van der Waals surface area (Å²) < 4.78 is 5.43. The van der Waals surface area contributed by atoms with Crippen molar-refractivity contribution in [2.24, 2.45) is 10.7 Å². The number of hydrogen-bond acceptors (Lipinski definition) is 3. The molecule has 7 heteroatoms. The average molecular weight is 386 g/mol. The van der Waals surface area contributed by atoms with Crippen LogP contribution in [0, 0.1) is 6.92 Å². The normalized spacial score (nSPS) is 15.9. The minimum Gasteiger partial charge on any atom is -0.444 e. The number of aryl methyl sites for hydroxylation is 1. The number of nitrogens with two attached hydrogens (primary N) is 1. The maximum Gasteiger partial charge on any atom is 0.410 e. The third kappa shape index (κ3) is 4.77. The number of para-hydroxylation sites is 1. The van der Waals surface area contributed by atoms with E-state index < -0.39 is 5.60 Å². The second-order valence-corrected chi connectivity index (χ2v) is 8.26. The molecule has 152 valence electrons. The van der Waals surface area contributed by atoms with Crippen molar-refractivity contribution in [3.63, 3.8) is 0 Å². The predicted molar refractivity (Wildman–Crippen MR) is 113 cm³/mol. The van der Waals surface area contributed by atoms with Gasteiger partial charge in [0.2, 0.25) is 0 Å². The number of piperazine rings is 1. The number of nitrogens with one attached hydrogen (secondary N) is 1. The molecule has 2 heterocycles. The van der Waals surface area contributed by atoms with Crippen LogP contribution >= 0.6 is 0 Å². The molecule has 0 unspecified atom stereocenters. The Kier molecular flexibility index (Phi) is 5.82. The molecular formula is C21H31N5O2. The third-order valence-corrected chi connectivity index (χ3v) is 4.92. The van der Waals surface area contributed by atoms with Gasteiger partial charge in [-0.05, 0) is 45.2 Å². The molecule has 0 aliphatic carbocycles. The lowest BCUT2D eigenvalue weighted by Crippen LogP contribution is -2.53. The van der Waals surface area contributed by atoms with Crippen LogP contribution < -0.4 is 5.73 Å². The summed E-state index contributed by atoms with van der Waals surface area (Å²) in [6.45, 7) is 10.9. The number of guanidine groups is 1. The number of aromatic amines is 1. The first kappa shape index (κ1) is 20.0. The van der Waals surface area contributed by atoms with E-state index in [-0.39, 0.29) is 6.09 Å². The molecule has 0 spiro atoms. The molecule has 0 bridgehead atoms. The number of ether oxygens (including phenoxy) is 1. The number of nitrogens with zero attached hydrogens (tertiary/aromatic N) is 3. The molecule has 3 N–H and O–H groups in total. The van der Waals surface area contributed by atoms with Crippen molar-refractivity contribution in [1.82, 2.24) is 14.8 Å². The van der Waals surface area contributed by atoms with Gasteiger partial charge in [0.05, 0.1) is 0 Å². The zero-order valence-electron chi connectivity index (χ0n) is 17.3. The lowest BCUT2D eigenvalue weighted by atomic mass is 10.1. The first-order chi connectivity index (χ1) is 13.2. The summed E-state index contributed by atoms with van der Waals surface area (Å²) in [6.07, 6.45) is 2.63. The van der Waals surface area contributed by atoms with Gasteiger partial charge in [0.25, 0.3) is 0 Å². The third-order valence-electron chi connectivity index (χ3n) is 4.92. The van der Waals surface area contributed by atoms with E-state index in [1.54, 1.807) is 4.90 Å². The second-order valence-electron chi connectivity index (χ2n) is 8.26. The summed E-state index contributed by atoms with van der Waals surface area (Å²) in [7, 11) is 0. The maximum atomic E-state index is 12.1. The van der Waals surface area contributed by atoms with Gasteiger partial charge in [-0.15, -0.1) is 0 Å². The molecule has 0 radical (unpaired) electrons. The van der Waals surface area contributed by atoms with Crippen LogP contribution in [0.25, 0.3) is 10.9 Å². The van der Waals surface area contributed by atoms with Crippen LogP contribution in [-0.2, 0) is 11.2 Å². The van der Waals surface area contributed by atoms with Gasteiger partial charge in [-0.1, -0.05) is 18.2 Å². The molecule has 1 aromatic heterocycles. The van der Waals surface area contributed by atoms with Gasteiger partial charge in [0.1, 0.15) is 5.60 Å². The fourth-order valence-electron chi connectivity index (χ4n) is 3.41. The number of carbonyl (C=O) groups excluding carboxylic acids is 1. The van der Waals surface area contributed by atoms with E-state index in [2.05, 4.69) is 41.3 Å². The Labute approximate surface area is 166 Å². The molecule has 3 rings (SSSR count). The average Bonchev–Trinajstić information content (AvgIpc) is 3.05. The van der Waals surface area contributed by atoms with Crippen molar-refractivity contribution in [3.05, 3.63) is 35.5 Å². The van der Waals surface area contributed by atoms with Gasteiger partial charge in [-0.2, -0.15) is 0 Å². The topological polar surface area (TPSA) is 86.9 Å². The molecular weight excluding hydrogens is 354 g/mol. The van der Waals surface area contributed by atoms with Crippen molar-refractivity contribution in [1.29, 1.82) is 0 Å². The van der Waals surface area contributed by atoms with Gasteiger partial charge in [-0.25, -0.2) is 4.79 Å². The number of carbonyl (C=O) groups is 1. The Morgan fingerprint density at radius 1 is 1.21 bits per heavy atom. The van der Waals surface area contributed by atoms with Crippen molar-refractivity contribution >= 4 is 23.0 Å². The quantitative estimate of drug-likeness (QED) is 0.628. The van der Waals surface area contributed by atoms with Crippen LogP contribution in [0.3, 0.4) is 0 Å². The SMILES string of the molecule is Cc1cccc2c(CCN=C(N)N3CCN(C(=O)OC(C)(C)C)CC3)c[nH]c12. The van der Waals surface area contributed by atoms with Crippen LogP contribution in [0.1, 0.15) is 31.9 Å². The fraction of sp³-hybridized carbons (Fsp3) is 0.524. The van der Waals surface area contributed by atoms with Gasteiger partial charge in [0, 0.05) is 49.8 Å². The molecule has 1 saturated heterocycles. The number of rotatable bonds is 3. The first-order valence-corrected chi connectivity index (χ1v) is 9.83. The Hall–Kier alpha value is -2.70. The molecule has 1 aliphatic heterocycles. The van der Waals surface area contributed by atoms with E-state index in [1.807, 2.05) is 25.7 Å². The van der Waals surface area contributed by atoms with Crippen LogP contribution in [0.15, 0.2) is 29.4 Å². The number of benzene rings is 1. The second kappa shape index (κ2) is 8.12. The molecule has 0 atom stereocenters. The van der Waals surface area contributed by atoms with Gasteiger partial charge < -0.3 is 25.3 Å². The van der Waals surface area contributed by atoms with Gasteiger partial charge >= 0.3 is 6.09 Å². The molecule has 0 saturated carbocycles. The number of aromatic nitrogens is 1. The fourth-order valence-corrected chi connectivity index (χ4v) is 3.41. The Bertz CT molecular complexity index is 857. The van der Waals surface area contributed by atoms with E-state index in [9.17, 15) is 4.79 Å². The molecule has 2 aromatic rings. The smallest absolute Gasteiger partial charge is 0.410 e. The monoisotopic (exact) mass is 385 g/mol. The zero-order valence-corrected chi connectivity index (χ0v) is 17.3. The number of hydrogen-bond donors (Lipinski definition) is 2. The number of H-pyrrole nitrogens is 1. The van der Waals surface area contributed by atoms with Gasteiger partial charge in [0.15, 0.2) is 5.96 Å². The van der Waals surface area contributed by atoms with Crippen LogP contribution in [0.5, 0.6) is 0 Å². The Morgan fingerprint density at radius 3 is 2.57 bits per heavy atom. The highest BCUT2D eigenvalue weighted by Crippen LogP contribution is 2.21. The molecule has 1 fully saturated rings. The van der Waals surface area contributed by atoms with Crippen LogP contribution in [-0.4, -0.2) is 65.2 Å². The zero-order chi connectivity index (χ0) is 20.3.